The van der Waals surface area contributed by atoms with Crippen molar-refractivity contribution in [2.24, 2.45) is 0 Å². The summed E-state index contributed by atoms with van der Waals surface area (Å²) in [5.41, 5.74) is -3.11. The summed E-state index contributed by atoms with van der Waals surface area (Å²) >= 11 is 0. The van der Waals surface area contributed by atoms with Gasteiger partial charge in [0.1, 0.15) is 11.6 Å². The minimum absolute atomic E-state index is 0.130. The maximum Gasteiger partial charge on any atom is 0.573 e. The molecule has 29 heavy (non-hydrogen) atoms. The minimum atomic E-state index is -5.00. The molecular weight excluding hydrogens is 394 g/mol. The van der Waals surface area contributed by atoms with E-state index in [0.717, 1.165) is 42.3 Å². The van der Waals surface area contributed by atoms with E-state index in [-0.39, 0.29) is 5.56 Å². The van der Waals surface area contributed by atoms with Crippen LogP contribution in [-0.4, -0.2) is 12.5 Å². The lowest BCUT2D eigenvalue weighted by atomic mass is 9.77. The lowest BCUT2D eigenvalue weighted by molar-refractivity contribution is -0.274. The number of benzene rings is 2. The minimum Gasteiger partial charge on any atom is -0.406 e. The zero-order valence-corrected chi connectivity index (χ0v) is 15.4. The molecule has 0 aliphatic heterocycles. The number of rotatable bonds is 5. The molecule has 1 aliphatic carbocycles. The number of hydrogen-bond donors (Lipinski definition) is 0. The second kappa shape index (κ2) is 7.97. The van der Waals surface area contributed by atoms with Crippen molar-refractivity contribution in [1.82, 2.24) is 0 Å². The van der Waals surface area contributed by atoms with Crippen molar-refractivity contribution in [2.45, 2.75) is 38.0 Å². The van der Waals surface area contributed by atoms with Crippen molar-refractivity contribution in [3.05, 3.63) is 83.2 Å². The van der Waals surface area contributed by atoms with Crippen LogP contribution in [0.3, 0.4) is 0 Å². The van der Waals surface area contributed by atoms with Crippen LogP contribution in [0.5, 0.6) is 5.75 Å². The van der Waals surface area contributed by atoms with E-state index in [2.05, 4.69) is 4.74 Å². The van der Waals surface area contributed by atoms with Gasteiger partial charge in [-0.25, -0.2) is 13.2 Å². The van der Waals surface area contributed by atoms with Crippen LogP contribution in [0.2, 0.25) is 0 Å². The molecule has 2 unspecified atom stereocenters. The Balaban J connectivity index is 2.14. The average molecular weight is 412 g/mol. The van der Waals surface area contributed by atoms with Crippen LogP contribution < -0.4 is 4.74 Å². The number of alkyl halides is 5. The van der Waals surface area contributed by atoms with Crippen LogP contribution >= 0.6 is 0 Å². The SMILES string of the molecule is CCCc1cccc(C2=C(F)C=CC(F)C2(F)c2cccc(OC(F)(F)F)c2)c1. The first-order valence-corrected chi connectivity index (χ1v) is 9.02. The summed E-state index contributed by atoms with van der Waals surface area (Å²) in [6.07, 6.45) is -4.29. The predicted molar refractivity (Wildman–Crippen MR) is 98.4 cm³/mol. The molecule has 2 atom stereocenters. The molecule has 0 heterocycles. The largest absolute Gasteiger partial charge is 0.573 e. The quantitative estimate of drug-likeness (QED) is 0.481. The molecule has 0 amide bonds. The first kappa shape index (κ1) is 21.0. The smallest absolute Gasteiger partial charge is 0.406 e. The van der Waals surface area contributed by atoms with Gasteiger partial charge >= 0.3 is 6.36 Å². The molecule has 3 rings (SSSR count). The van der Waals surface area contributed by atoms with Crippen LogP contribution in [0.15, 0.2) is 66.5 Å². The molecule has 0 fully saturated rings. The predicted octanol–water partition coefficient (Wildman–Crippen LogP) is 6.99. The summed E-state index contributed by atoms with van der Waals surface area (Å²) in [5.74, 6) is -1.70. The van der Waals surface area contributed by atoms with Crippen molar-refractivity contribution in [3.8, 4) is 5.75 Å². The van der Waals surface area contributed by atoms with Crippen molar-refractivity contribution in [1.29, 1.82) is 0 Å². The maximum atomic E-state index is 16.2. The van der Waals surface area contributed by atoms with Crippen LogP contribution in [0.4, 0.5) is 26.3 Å². The maximum absolute atomic E-state index is 16.2. The molecule has 7 heteroatoms. The van der Waals surface area contributed by atoms with E-state index < -0.39 is 40.9 Å². The summed E-state index contributed by atoms with van der Waals surface area (Å²) < 4.78 is 87.2. The summed E-state index contributed by atoms with van der Waals surface area (Å²) in [4.78, 5) is 0. The third kappa shape index (κ3) is 4.33. The molecule has 0 saturated carbocycles. The van der Waals surface area contributed by atoms with Gasteiger partial charge in [0.05, 0.1) is 0 Å². The Bertz CT molecular complexity index is 946. The van der Waals surface area contributed by atoms with Crippen LogP contribution in [0.25, 0.3) is 5.57 Å². The summed E-state index contributed by atoms with van der Waals surface area (Å²) in [7, 11) is 0. The van der Waals surface area contributed by atoms with Gasteiger partial charge in [-0.2, -0.15) is 0 Å². The van der Waals surface area contributed by atoms with Gasteiger partial charge in [0.2, 0.25) is 0 Å². The van der Waals surface area contributed by atoms with Gasteiger partial charge < -0.3 is 4.74 Å². The average Bonchev–Trinajstić information content (AvgIpc) is 2.64. The number of allylic oxidation sites excluding steroid dienone is 4. The standard InChI is InChI=1S/C22H18F6O/c1-2-5-14-6-3-7-15(12-14)20-18(23)10-11-19(24)21(20,25)16-8-4-9-17(13-16)29-22(26,27)28/h3-4,6-13,19H,2,5H2,1H3. The summed E-state index contributed by atoms with van der Waals surface area (Å²) in [6.45, 7) is 1.94. The van der Waals surface area contributed by atoms with Gasteiger partial charge in [0.15, 0.2) is 11.8 Å². The lowest BCUT2D eigenvalue weighted by Crippen LogP contribution is -2.35. The van der Waals surface area contributed by atoms with Crippen molar-refractivity contribution in [3.63, 3.8) is 0 Å². The first-order chi connectivity index (χ1) is 13.6. The van der Waals surface area contributed by atoms with Gasteiger partial charge in [-0.05, 0) is 41.8 Å². The van der Waals surface area contributed by atoms with E-state index >= 15 is 4.39 Å². The number of ether oxygens (including phenoxy) is 1. The lowest BCUT2D eigenvalue weighted by Gasteiger charge is -2.33. The fourth-order valence-corrected chi connectivity index (χ4v) is 3.44. The molecule has 0 spiro atoms. The van der Waals surface area contributed by atoms with Crippen molar-refractivity contribution >= 4 is 5.57 Å². The molecule has 2 aromatic carbocycles. The molecule has 0 saturated heterocycles. The molecule has 1 aliphatic rings. The second-order valence-corrected chi connectivity index (χ2v) is 6.72. The number of aryl methyl sites for hydroxylation is 1. The van der Waals surface area contributed by atoms with E-state index in [1.165, 1.54) is 6.07 Å². The van der Waals surface area contributed by atoms with Crippen molar-refractivity contribution in [2.75, 3.05) is 0 Å². The Labute approximate surface area is 164 Å². The third-order valence-corrected chi connectivity index (χ3v) is 4.64. The van der Waals surface area contributed by atoms with Gasteiger partial charge in [0, 0.05) is 11.1 Å². The Morgan fingerprint density at radius 3 is 2.48 bits per heavy atom. The topological polar surface area (TPSA) is 9.23 Å². The molecule has 0 bridgehead atoms. The highest BCUT2D eigenvalue weighted by molar-refractivity contribution is 5.80. The summed E-state index contributed by atoms with van der Waals surface area (Å²) in [5, 5.41) is 0. The van der Waals surface area contributed by atoms with E-state index in [4.69, 9.17) is 0 Å². The zero-order chi connectivity index (χ0) is 21.2. The normalized spacial score (nSPS) is 22.1. The summed E-state index contributed by atoms with van der Waals surface area (Å²) in [6, 6.07) is 10.3. The molecule has 154 valence electrons. The van der Waals surface area contributed by atoms with E-state index in [9.17, 15) is 22.0 Å². The zero-order valence-electron chi connectivity index (χ0n) is 15.4. The Morgan fingerprint density at radius 1 is 1.07 bits per heavy atom. The molecule has 2 aromatic rings. The van der Waals surface area contributed by atoms with Gasteiger partial charge in [-0.15, -0.1) is 13.2 Å². The monoisotopic (exact) mass is 412 g/mol. The van der Waals surface area contributed by atoms with Gasteiger partial charge in [0.25, 0.3) is 0 Å². The van der Waals surface area contributed by atoms with E-state index in [1.807, 2.05) is 6.92 Å². The van der Waals surface area contributed by atoms with Crippen LogP contribution in [-0.2, 0) is 12.1 Å². The Morgan fingerprint density at radius 2 is 1.79 bits per heavy atom. The van der Waals surface area contributed by atoms with Crippen LogP contribution in [0.1, 0.15) is 30.0 Å². The number of hydrogen-bond acceptors (Lipinski definition) is 1. The fraction of sp³-hybridized carbons (Fsp3) is 0.273. The molecule has 0 aromatic heterocycles. The fourth-order valence-electron chi connectivity index (χ4n) is 3.44. The highest BCUT2D eigenvalue weighted by Crippen LogP contribution is 2.49. The highest BCUT2D eigenvalue weighted by Gasteiger charge is 2.48. The first-order valence-electron chi connectivity index (χ1n) is 9.02. The molecular formula is C22H18F6O. The van der Waals surface area contributed by atoms with E-state index in [1.54, 1.807) is 18.2 Å². The van der Waals surface area contributed by atoms with Crippen molar-refractivity contribution < 1.29 is 31.1 Å². The second-order valence-electron chi connectivity index (χ2n) is 6.72. The molecule has 0 radical (unpaired) electrons. The molecule has 1 nitrogen and oxygen atoms in total. The number of halogens is 6. The molecule has 0 N–H and O–H groups in total. The van der Waals surface area contributed by atoms with E-state index in [0.29, 0.717) is 12.5 Å². The van der Waals surface area contributed by atoms with Gasteiger partial charge in [-0.3, -0.25) is 0 Å². The third-order valence-electron chi connectivity index (χ3n) is 4.64. The highest BCUT2D eigenvalue weighted by atomic mass is 19.4. The van der Waals surface area contributed by atoms with Gasteiger partial charge in [-0.1, -0.05) is 49.7 Å². The Kier molecular flexibility index (Phi) is 5.78. The Hall–Kier alpha value is -2.70. The van der Waals surface area contributed by atoms with Crippen LogP contribution in [0, 0.1) is 0 Å².